The number of allylic oxidation sites excluding steroid dienone is 4. The van der Waals surface area contributed by atoms with Crippen LogP contribution in [0.5, 0.6) is 0 Å². The molecule has 0 saturated heterocycles. The monoisotopic (exact) mass is 309 g/mol. The lowest BCUT2D eigenvalue weighted by molar-refractivity contribution is -0.117. The summed E-state index contributed by atoms with van der Waals surface area (Å²) in [6.45, 7) is 2.04. The third-order valence-corrected chi connectivity index (χ3v) is 5.20. The average molecular weight is 309 g/mol. The summed E-state index contributed by atoms with van der Waals surface area (Å²) >= 11 is 0. The number of para-hydroxylation sites is 1. The van der Waals surface area contributed by atoms with Crippen LogP contribution in [0.1, 0.15) is 44.1 Å². The van der Waals surface area contributed by atoms with Crippen LogP contribution in [0, 0.1) is 24.7 Å². The molecule has 2 unspecified atom stereocenters. The highest BCUT2D eigenvalue weighted by atomic mass is 16.2. The fourth-order valence-corrected chi connectivity index (χ4v) is 3.79. The Morgan fingerprint density at radius 1 is 0.913 bits per heavy atom. The van der Waals surface area contributed by atoms with Crippen molar-refractivity contribution < 1.29 is 4.79 Å². The topological polar surface area (TPSA) is 29.1 Å². The van der Waals surface area contributed by atoms with Crippen LogP contribution in [0.4, 0.5) is 5.69 Å². The van der Waals surface area contributed by atoms with Crippen molar-refractivity contribution in [2.45, 2.75) is 45.4 Å². The summed E-state index contributed by atoms with van der Waals surface area (Å²) in [5.74, 6) is 1.56. The molecule has 0 radical (unpaired) electrons. The van der Waals surface area contributed by atoms with E-state index in [1.807, 2.05) is 31.2 Å². The lowest BCUT2D eigenvalue weighted by Crippen LogP contribution is -2.16. The average Bonchev–Trinajstić information content (AvgIpc) is 3.22. The van der Waals surface area contributed by atoms with E-state index >= 15 is 0 Å². The van der Waals surface area contributed by atoms with Crippen LogP contribution in [-0.2, 0) is 4.79 Å². The number of carbonyl (C=O) groups is 1. The first-order chi connectivity index (χ1) is 11.3. The normalized spacial score (nSPS) is 27.4. The van der Waals surface area contributed by atoms with E-state index in [4.69, 9.17) is 0 Å². The number of nitrogens with one attached hydrogen (secondary N) is 1. The van der Waals surface area contributed by atoms with Gasteiger partial charge in [0.1, 0.15) is 0 Å². The van der Waals surface area contributed by atoms with E-state index in [0.29, 0.717) is 11.8 Å². The minimum absolute atomic E-state index is 0.206. The SMILES string of the molecule is Cc1ccccc1NC(=O)C1C2CCC=CCCC=CCCC21. The summed E-state index contributed by atoms with van der Waals surface area (Å²) in [6, 6.07) is 8.03. The number of anilines is 1. The third-order valence-electron chi connectivity index (χ3n) is 5.20. The highest BCUT2D eigenvalue weighted by Gasteiger charge is 2.52. The van der Waals surface area contributed by atoms with Crippen molar-refractivity contribution in [3.63, 3.8) is 0 Å². The zero-order valence-electron chi connectivity index (χ0n) is 14.0. The number of carbonyl (C=O) groups excluding carboxylic acids is 1. The number of rotatable bonds is 2. The zero-order chi connectivity index (χ0) is 16.1. The van der Waals surface area contributed by atoms with Crippen LogP contribution in [0.3, 0.4) is 0 Å². The predicted molar refractivity (Wildman–Crippen MR) is 96.3 cm³/mol. The maximum absolute atomic E-state index is 12.7. The van der Waals surface area contributed by atoms with Gasteiger partial charge in [-0.15, -0.1) is 0 Å². The third kappa shape index (κ3) is 4.13. The van der Waals surface area contributed by atoms with Gasteiger partial charge in [0.2, 0.25) is 5.91 Å². The van der Waals surface area contributed by atoms with E-state index in [9.17, 15) is 4.79 Å². The number of benzene rings is 1. The van der Waals surface area contributed by atoms with Crippen LogP contribution in [0.15, 0.2) is 48.6 Å². The van der Waals surface area contributed by atoms with Gasteiger partial charge in [-0.05, 0) is 68.9 Å². The summed E-state index contributed by atoms with van der Waals surface area (Å²) in [5.41, 5.74) is 2.09. The van der Waals surface area contributed by atoms with Gasteiger partial charge in [-0.3, -0.25) is 4.79 Å². The molecule has 2 atom stereocenters. The Balaban J connectivity index is 1.63. The standard InChI is InChI=1S/C21H27NO/c1-16-12-10-11-15-19(16)22-21(23)20-17-13-8-6-4-2-3-5-7-9-14-18(17)20/h4-7,10-12,15,17-18,20H,2-3,8-9,13-14H2,1H3,(H,22,23). The molecule has 1 aromatic rings. The molecule has 3 rings (SSSR count). The quantitative estimate of drug-likeness (QED) is 0.742. The second-order valence-electron chi connectivity index (χ2n) is 6.83. The molecule has 0 bridgehead atoms. The number of fused-ring (bicyclic) bond motifs is 1. The molecule has 1 N–H and O–H groups in total. The first-order valence-corrected chi connectivity index (χ1v) is 8.94. The van der Waals surface area contributed by atoms with E-state index in [2.05, 4.69) is 29.6 Å². The van der Waals surface area contributed by atoms with E-state index in [-0.39, 0.29) is 11.8 Å². The van der Waals surface area contributed by atoms with Gasteiger partial charge >= 0.3 is 0 Å². The van der Waals surface area contributed by atoms with E-state index in [1.165, 1.54) is 0 Å². The fraction of sp³-hybridized carbons (Fsp3) is 0.476. The summed E-state index contributed by atoms with van der Waals surface area (Å²) < 4.78 is 0. The molecule has 0 spiro atoms. The van der Waals surface area contributed by atoms with Crippen molar-refractivity contribution in [1.29, 1.82) is 0 Å². The number of amides is 1. The van der Waals surface area contributed by atoms with Crippen molar-refractivity contribution in [2.75, 3.05) is 5.32 Å². The van der Waals surface area contributed by atoms with E-state index in [0.717, 1.165) is 49.8 Å². The van der Waals surface area contributed by atoms with Crippen LogP contribution in [0.25, 0.3) is 0 Å². The maximum atomic E-state index is 12.7. The van der Waals surface area contributed by atoms with Crippen molar-refractivity contribution in [1.82, 2.24) is 0 Å². The molecule has 0 aromatic heterocycles. The predicted octanol–water partition coefficient (Wildman–Crippen LogP) is 5.26. The number of hydrogen-bond acceptors (Lipinski definition) is 1. The Morgan fingerprint density at radius 3 is 2.09 bits per heavy atom. The lowest BCUT2D eigenvalue weighted by Gasteiger charge is -2.08. The van der Waals surface area contributed by atoms with Crippen molar-refractivity contribution >= 4 is 11.6 Å². The van der Waals surface area contributed by atoms with Gasteiger partial charge in [-0.25, -0.2) is 0 Å². The van der Waals surface area contributed by atoms with Gasteiger partial charge in [-0.1, -0.05) is 42.5 Å². The van der Waals surface area contributed by atoms with Gasteiger partial charge in [0.15, 0.2) is 0 Å². The Bertz CT molecular complexity index is 578. The molecule has 2 heteroatoms. The van der Waals surface area contributed by atoms with Crippen molar-refractivity contribution in [3.8, 4) is 0 Å². The van der Waals surface area contributed by atoms with Crippen molar-refractivity contribution in [2.24, 2.45) is 17.8 Å². The molecule has 1 saturated carbocycles. The van der Waals surface area contributed by atoms with Gasteiger partial charge in [-0.2, -0.15) is 0 Å². The van der Waals surface area contributed by atoms with Gasteiger partial charge in [0.05, 0.1) is 0 Å². The Hall–Kier alpha value is -1.83. The fourth-order valence-electron chi connectivity index (χ4n) is 3.79. The highest BCUT2D eigenvalue weighted by Crippen LogP contribution is 2.52. The molecular formula is C21H27NO. The molecule has 23 heavy (non-hydrogen) atoms. The molecule has 0 heterocycles. The highest BCUT2D eigenvalue weighted by molar-refractivity contribution is 5.95. The largest absolute Gasteiger partial charge is 0.326 e. The molecular weight excluding hydrogens is 282 g/mol. The minimum Gasteiger partial charge on any atom is -0.326 e. The zero-order valence-corrected chi connectivity index (χ0v) is 14.0. The lowest BCUT2D eigenvalue weighted by atomic mass is 10.1. The molecule has 2 aliphatic rings. The van der Waals surface area contributed by atoms with Crippen molar-refractivity contribution in [3.05, 3.63) is 54.1 Å². The summed E-state index contributed by atoms with van der Waals surface area (Å²) in [6.07, 6.45) is 16.0. The van der Waals surface area contributed by atoms with Crippen LogP contribution >= 0.6 is 0 Å². The van der Waals surface area contributed by atoms with Gasteiger partial charge < -0.3 is 5.32 Å². The first kappa shape index (κ1) is 16.0. The molecule has 122 valence electrons. The molecule has 1 aromatic carbocycles. The number of aryl methyl sites for hydroxylation is 1. The molecule has 2 nitrogen and oxygen atoms in total. The molecule has 1 amide bonds. The van der Waals surface area contributed by atoms with Crippen LogP contribution < -0.4 is 5.32 Å². The first-order valence-electron chi connectivity index (χ1n) is 8.94. The maximum Gasteiger partial charge on any atom is 0.228 e. The van der Waals surface area contributed by atoms with E-state index < -0.39 is 0 Å². The molecule has 1 fully saturated rings. The molecule has 0 aliphatic heterocycles. The van der Waals surface area contributed by atoms with Crippen LogP contribution in [0.2, 0.25) is 0 Å². The van der Waals surface area contributed by atoms with Gasteiger partial charge in [0.25, 0.3) is 0 Å². The number of hydrogen-bond donors (Lipinski definition) is 1. The second kappa shape index (κ2) is 7.63. The second-order valence-corrected chi connectivity index (χ2v) is 6.83. The molecule has 2 aliphatic carbocycles. The Kier molecular flexibility index (Phi) is 5.32. The Morgan fingerprint density at radius 2 is 1.48 bits per heavy atom. The summed E-state index contributed by atoms with van der Waals surface area (Å²) in [7, 11) is 0. The van der Waals surface area contributed by atoms with Crippen LogP contribution in [-0.4, -0.2) is 5.91 Å². The summed E-state index contributed by atoms with van der Waals surface area (Å²) in [4.78, 5) is 12.7. The Labute approximate surface area is 139 Å². The van der Waals surface area contributed by atoms with Gasteiger partial charge in [0, 0.05) is 11.6 Å². The minimum atomic E-state index is 0.206. The van der Waals surface area contributed by atoms with E-state index in [1.54, 1.807) is 0 Å². The summed E-state index contributed by atoms with van der Waals surface area (Å²) in [5, 5.41) is 3.15. The smallest absolute Gasteiger partial charge is 0.228 e.